The van der Waals surface area contributed by atoms with Crippen molar-refractivity contribution in [1.29, 1.82) is 0 Å². The highest BCUT2D eigenvalue weighted by Gasteiger charge is 2.28. The molecule has 1 saturated heterocycles. The van der Waals surface area contributed by atoms with E-state index in [1.807, 2.05) is 42.9 Å². The lowest BCUT2D eigenvalue weighted by Gasteiger charge is -2.32. The van der Waals surface area contributed by atoms with Gasteiger partial charge >= 0.3 is 0 Å². The minimum atomic E-state index is -0.113. The summed E-state index contributed by atoms with van der Waals surface area (Å²) in [5.74, 6) is -0.0557. The van der Waals surface area contributed by atoms with E-state index in [9.17, 15) is 4.79 Å². The highest BCUT2D eigenvalue weighted by atomic mass is 16.5. The number of hydrogen-bond donors (Lipinski definition) is 1. The van der Waals surface area contributed by atoms with Crippen molar-refractivity contribution in [3.63, 3.8) is 0 Å². The predicted molar refractivity (Wildman–Crippen MR) is 95.4 cm³/mol. The van der Waals surface area contributed by atoms with Gasteiger partial charge in [-0.2, -0.15) is 0 Å². The van der Waals surface area contributed by atoms with Gasteiger partial charge in [0.05, 0.1) is 42.7 Å². The summed E-state index contributed by atoms with van der Waals surface area (Å²) in [4.78, 5) is 18.9. The first-order valence-electron chi connectivity index (χ1n) is 8.67. The summed E-state index contributed by atoms with van der Waals surface area (Å²) in [6.45, 7) is 2.91. The topological polar surface area (TPSA) is 68.6 Å². The first-order chi connectivity index (χ1) is 12.1. The number of nitrogens with zero attached hydrogens (tertiary/aromatic N) is 3. The summed E-state index contributed by atoms with van der Waals surface area (Å²) in [5, 5.41) is 3.06. The number of rotatable bonds is 7. The van der Waals surface area contributed by atoms with Gasteiger partial charge < -0.3 is 24.3 Å². The molecule has 0 bridgehead atoms. The van der Waals surface area contributed by atoms with E-state index in [1.54, 1.807) is 6.33 Å². The Bertz CT molecular complexity index is 700. The van der Waals surface area contributed by atoms with Crippen molar-refractivity contribution in [1.82, 2.24) is 19.8 Å². The Labute approximate surface area is 147 Å². The molecule has 1 fully saturated rings. The largest absolute Gasteiger partial charge is 0.379 e. The summed E-state index contributed by atoms with van der Waals surface area (Å²) in [6.07, 6.45) is 2.50. The SMILES string of the molecule is CN(C)CCO[C@@H]1CCOC[C@@H]1NC(=O)Cn1cnc2ccccc21. The fourth-order valence-corrected chi connectivity index (χ4v) is 2.98. The number of ether oxygens (including phenoxy) is 2. The Morgan fingerprint density at radius 2 is 2.28 bits per heavy atom. The van der Waals surface area contributed by atoms with Crippen LogP contribution in [-0.2, 0) is 20.8 Å². The number of fused-ring (bicyclic) bond motifs is 1. The Morgan fingerprint density at radius 3 is 3.12 bits per heavy atom. The van der Waals surface area contributed by atoms with Crippen LogP contribution in [-0.4, -0.2) is 73.0 Å². The highest BCUT2D eigenvalue weighted by molar-refractivity contribution is 5.80. The van der Waals surface area contributed by atoms with Crippen LogP contribution in [0.2, 0.25) is 0 Å². The highest BCUT2D eigenvalue weighted by Crippen LogP contribution is 2.14. The lowest BCUT2D eigenvalue weighted by Crippen LogP contribution is -2.51. The second-order valence-electron chi connectivity index (χ2n) is 6.61. The molecule has 7 nitrogen and oxygen atoms in total. The van der Waals surface area contributed by atoms with E-state index in [0.717, 1.165) is 24.0 Å². The van der Waals surface area contributed by atoms with Crippen molar-refractivity contribution in [3.05, 3.63) is 30.6 Å². The number of nitrogens with one attached hydrogen (secondary N) is 1. The second-order valence-corrected chi connectivity index (χ2v) is 6.61. The number of imidazole rings is 1. The van der Waals surface area contributed by atoms with Crippen LogP contribution in [0.5, 0.6) is 0 Å². The van der Waals surface area contributed by atoms with Gasteiger partial charge in [0.2, 0.25) is 5.91 Å². The molecule has 2 aromatic rings. The molecule has 0 unspecified atom stereocenters. The van der Waals surface area contributed by atoms with E-state index in [1.165, 1.54) is 0 Å². The minimum absolute atomic E-state index is 0.00261. The molecule has 7 heteroatoms. The standard InChI is InChI=1S/C18H26N4O3/c1-21(2)8-10-25-17-7-9-24-12-15(17)20-18(23)11-22-13-19-14-5-3-4-6-16(14)22/h3-6,13,15,17H,7-12H2,1-2H3,(H,20,23)/t15-,17+/m0/s1. The molecule has 0 aliphatic carbocycles. The Morgan fingerprint density at radius 1 is 1.44 bits per heavy atom. The normalized spacial score (nSPS) is 20.9. The lowest BCUT2D eigenvalue weighted by molar-refractivity contribution is -0.126. The van der Waals surface area contributed by atoms with Crippen molar-refractivity contribution < 1.29 is 14.3 Å². The molecule has 1 aromatic heterocycles. The van der Waals surface area contributed by atoms with Crippen molar-refractivity contribution in [2.24, 2.45) is 0 Å². The molecular weight excluding hydrogens is 320 g/mol. The van der Waals surface area contributed by atoms with Gasteiger partial charge in [-0.3, -0.25) is 4.79 Å². The zero-order valence-corrected chi connectivity index (χ0v) is 14.9. The number of carbonyl (C=O) groups excluding carboxylic acids is 1. The van der Waals surface area contributed by atoms with Crippen LogP contribution in [0.15, 0.2) is 30.6 Å². The molecule has 136 valence electrons. The number of para-hydroxylation sites is 2. The maximum Gasteiger partial charge on any atom is 0.240 e. The molecule has 1 amide bonds. The van der Waals surface area contributed by atoms with Crippen LogP contribution in [0, 0.1) is 0 Å². The number of aromatic nitrogens is 2. The average Bonchev–Trinajstić information content (AvgIpc) is 2.99. The molecule has 2 heterocycles. The molecule has 1 aromatic carbocycles. The Balaban J connectivity index is 1.56. The van der Waals surface area contributed by atoms with Crippen molar-refractivity contribution in [2.75, 3.05) is 40.5 Å². The van der Waals surface area contributed by atoms with Gasteiger partial charge in [0.15, 0.2) is 0 Å². The molecule has 3 rings (SSSR count). The molecule has 1 N–H and O–H groups in total. The van der Waals surface area contributed by atoms with E-state index >= 15 is 0 Å². The molecule has 0 spiro atoms. The van der Waals surface area contributed by atoms with Crippen LogP contribution < -0.4 is 5.32 Å². The van der Waals surface area contributed by atoms with Crippen LogP contribution in [0.4, 0.5) is 0 Å². The van der Waals surface area contributed by atoms with E-state index in [0.29, 0.717) is 19.8 Å². The Kier molecular flexibility index (Phi) is 6.01. The lowest BCUT2D eigenvalue weighted by atomic mass is 10.1. The quantitative estimate of drug-likeness (QED) is 0.806. The van der Waals surface area contributed by atoms with Gasteiger partial charge in [-0.15, -0.1) is 0 Å². The fourth-order valence-electron chi connectivity index (χ4n) is 2.98. The monoisotopic (exact) mass is 346 g/mol. The predicted octanol–water partition coefficient (Wildman–Crippen LogP) is 0.888. The number of likely N-dealkylation sites (N-methyl/N-ethyl adjacent to an activating group) is 1. The van der Waals surface area contributed by atoms with Crippen molar-refractivity contribution in [3.8, 4) is 0 Å². The molecule has 25 heavy (non-hydrogen) atoms. The summed E-state index contributed by atoms with van der Waals surface area (Å²) in [6, 6.07) is 7.68. The smallest absolute Gasteiger partial charge is 0.240 e. The fraction of sp³-hybridized carbons (Fsp3) is 0.556. The molecular formula is C18H26N4O3. The van der Waals surface area contributed by atoms with Gasteiger partial charge in [0.25, 0.3) is 0 Å². The summed E-state index contributed by atoms with van der Waals surface area (Å²) in [7, 11) is 4.03. The number of carbonyl (C=O) groups is 1. The molecule has 1 aliphatic rings. The summed E-state index contributed by atoms with van der Waals surface area (Å²) < 4.78 is 13.3. The van der Waals surface area contributed by atoms with Crippen LogP contribution in [0.3, 0.4) is 0 Å². The van der Waals surface area contributed by atoms with Gasteiger partial charge in [0.1, 0.15) is 6.54 Å². The average molecular weight is 346 g/mol. The molecule has 0 saturated carbocycles. The minimum Gasteiger partial charge on any atom is -0.379 e. The first-order valence-corrected chi connectivity index (χ1v) is 8.67. The number of benzene rings is 1. The third-order valence-corrected chi connectivity index (χ3v) is 4.35. The maximum absolute atomic E-state index is 12.5. The summed E-state index contributed by atoms with van der Waals surface area (Å²) >= 11 is 0. The van der Waals surface area contributed by atoms with Crippen molar-refractivity contribution in [2.45, 2.75) is 25.1 Å². The van der Waals surface area contributed by atoms with Gasteiger partial charge in [-0.1, -0.05) is 12.1 Å². The van der Waals surface area contributed by atoms with E-state index in [4.69, 9.17) is 9.47 Å². The third kappa shape index (κ3) is 4.78. The van der Waals surface area contributed by atoms with Crippen LogP contribution in [0.25, 0.3) is 11.0 Å². The molecule has 1 aliphatic heterocycles. The molecule has 2 atom stereocenters. The third-order valence-electron chi connectivity index (χ3n) is 4.35. The first kappa shape index (κ1) is 17.8. The maximum atomic E-state index is 12.5. The number of amides is 1. The zero-order valence-electron chi connectivity index (χ0n) is 14.9. The Hall–Kier alpha value is -1.96. The van der Waals surface area contributed by atoms with E-state index in [2.05, 4.69) is 15.2 Å². The van der Waals surface area contributed by atoms with E-state index in [-0.39, 0.29) is 24.6 Å². The van der Waals surface area contributed by atoms with Crippen LogP contribution in [0.1, 0.15) is 6.42 Å². The van der Waals surface area contributed by atoms with E-state index < -0.39 is 0 Å². The number of hydrogen-bond acceptors (Lipinski definition) is 5. The molecule has 0 radical (unpaired) electrons. The van der Waals surface area contributed by atoms with Gasteiger partial charge in [-0.05, 0) is 32.6 Å². The van der Waals surface area contributed by atoms with Crippen LogP contribution >= 0.6 is 0 Å². The second kappa shape index (κ2) is 8.42. The summed E-state index contributed by atoms with van der Waals surface area (Å²) in [5.41, 5.74) is 1.84. The zero-order chi connectivity index (χ0) is 17.6. The van der Waals surface area contributed by atoms with Gasteiger partial charge in [-0.25, -0.2) is 4.98 Å². The van der Waals surface area contributed by atoms with Gasteiger partial charge in [0, 0.05) is 13.2 Å². The van der Waals surface area contributed by atoms with Crippen molar-refractivity contribution >= 4 is 16.9 Å².